The van der Waals surface area contributed by atoms with Crippen LogP contribution >= 0.6 is 11.5 Å². The molecule has 24 heavy (non-hydrogen) atoms. The van der Waals surface area contributed by atoms with Gasteiger partial charge in [-0.25, -0.2) is 4.37 Å². The van der Waals surface area contributed by atoms with Gasteiger partial charge in [-0.15, -0.1) is 0 Å². The van der Waals surface area contributed by atoms with Gasteiger partial charge in [0.1, 0.15) is 0 Å². The molecule has 0 aliphatic carbocycles. The zero-order valence-corrected chi connectivity index (χ0v) is 13.2. The number of benzene rings is 1. The zero-order chi connectivity index (χ0) is 16.7. The Balaban J connectivity index is 1.43. The van der Waals surface area contributed by atoms with E-state index in [1.54, 1.807) is 35.4 Å². The predicted molar refractivity (Wildman–Crippen MR) is 86.6 cm³/mol. The summed E-state index contributed by atoms with van der Waals surface area (Å²) in [6, 6.07) is 6.50. The van der Waals surface area contributed by atoms with E-state index in [4.69, 9.17) is 0 Å². The molecule has 4 rings (SSSR count). The van der Waals surface area contributed by atoms with E-state index in [-0.39, 0.29) is 6.54 Å². The number of carbonyl (C=O) groups is 3. The Morgan fingerprint density at radius 3 is 2.62 bits per heavy atom. The third kappa shape index (κ3) is 2.37. The van der Waals surface area contributed by atoms with Crippen LogP contribution in [0.5, 0.6) is 0 Å². The fourth-order valence-corrected chi connectivity index (χ4v) is 3.36. The van der Waals surface area contributed by atoms with Gasteiger partial charge in [0.15, 0.2) is 0 Å². The molecule has 1 aromatic carbocycles. The lowest BCUT2D eigenvalue weighted by atomic mass is 10.1. The summed E-state index contributed by atoms with van der Waals surface area (Å²) in [4.78, 5) is 39.5. The maximum absolute atomic E-state index is 12.2. The number of hydrogen-bond acceptors (Lipinski definition) is 6. The summed E-state index contributed by atoms with van der Waals surface area (Å²) < 4.78 is 4.11. The van der Waals surface area contributed by atoms with Gasteiger partial charge in [0.25, 0.3) is 17.7 Å². The minimum Gasteiger partial charge on any atom is -0.364 e. The number of hydrogen-bond donors (Lipinski definition) is 1. The highest BCUT2D eigenvalue weighted by Crippen LogP contribution is 2.23. The lowest BCUT2D eigenvalue weighted by Crippen LogP contribution is -2.48. The molecule has 0 saturated heterocycles. The van der Waals surface area contributed by atoms with Gasteiger partial charge in [-0.05, 0) is 29.7 Å². The second kappa shape index (κ2) is 5.57. The van der Waals surface area contributed by atoms with E-state index in [0.29, 0.717) is 17.7 Å². The molecule has 7 nitrogen and oxygen atoms in total. The predicted octanol–water partition coefficient (Wildman–Crippen LogP) is 1.26. The van der Waals surface area contributed by atoms with E-state index >= 15 is 0 Å². The largest absolute Gasteiger partial charge is 0.364 e. The minimum absolute atomic E-state index is 0.0409. The first-order chi connectivity index (χ1) is 11.6. The van der Waals surface area contributed by atoms with Crippen LogP contribution in [0, 0.1) is 0 Å². The number of nitrogens with one attached hydrogen (secondary N) is 1. The van der Waals surface area contributed by atoms with Crippen LogP contribution in [0.3, 0.4) is 0 Å². The third-order valence-corrected chi connectivity index (χ3v) is 4.67. The van der Waals surface area contributed by atoms with Gasteiger partial charge in [-0.1, -0.05) is 12.1 Å². The van der Waals surface area contributed by atoms with Crippen molar-refractivity contribution in [2.75, 3.05) is 6.54 Å². The maximum atomic E-state index is 12.2. The average molecular weight is 340 g/mol. The van der Waals surface area contributed by atoms with E-state index in [1.807, 2.05) is 12.3 Å². The fourth-order valence-electron chi connectivity index (χ4n) is 2.71. The van der Waals surface area contributed by atoms with Crippen LogP contribution < -0.4 is 5.43 Å². The van der Waals surface area contributed by atoms with Crippen LogP contribution in [0.25, 0.3) is 6.08 Å². The number of fused-ring (bicyclic) bond motifs is 2. The molecule has 1 N–H and O–H groups in total. The summed E-state index contributed by atoms with van der Waals surface area (Å²) in [5.41, 5.74) is 4.05. The molecule has 2 aromatic rings. The van der Waals surface area contributed by atoms with Gasteiger partial charge in [0, 0.05) is 24.5 Å². The Labute approximate surface area is 141 Å². The van der Waals surface area contributed by atoms with Crippen molar-refractivity contribution in [3.8, 4) is 0 Å². The number of rotatable bonds is 3. The lowest BCUT2D eigenvalue weighted by molar-refractivity contribution is -0.124. The molecular weight excluding hydrogens is 328 g/mol. The molecule has 0 bridgehead atoms. The van der Waals surface area contributed by atoms with Crippen molar-refractivity contribution in [1.29, 1.82) is 0 Å². The second-order valence-corrected chi connectivity index (χ2v) is 6.30. The number of carbonyl (C=O) groups excluding carboxylic acids is 3. The van der Waals surface area contributed by atoms with Gasteiger partial charge in [0.05, 0.1) is 22.5 Å². The molecule has 0 saturated carbocycles. The van der Waals surface area contributed by atoms with Gasteiger partial charge in [-0.2, -0.15) is 5.01 Å². The number of aromatic nitrogens is 1. The Bertz CT molecular complexity index is 854. The van der Waals surface area contributed by atoms with Crippen LogP contribution in [-0.4, -0.2) is 38.5 Å². The minimum atomic E-state index is -0.512. The number of imide groups is 1. The van der Waals surface area contributed by atoms with E-state index in [1.165, 1.54) is 11.5 Å². The van der Waals surface area contributed by atoms with Crippen molar-refractivity contribution < 1.29 is 14.4 Å². The van der Waals surface area contributed by atoms with Crippen molar-refractivity contribution in [2.24, 2.45) is 0 Å². The zero-order valence-electron chi connectivity index (χ0n) is 12.4. The van der Waals surface area contributed by atoms with Crippen molar-refractivity contribution in [1.82, 2.24) is 19.7 Å². The maximum Gasteiger partial charge on any atom is 0.280 e. The van der Waals surface area contributed by atoms with E-state index < -0.39 is 17.7 Å². The molecule has 0 radical (unpaired) electrons. The van der Waals surface area contributed by atoms with Gasteiger partial charge >= 0.3 is 0 Å². The molecule has 2 aliphatic heterocycles. The molecule has 0 unspecified atom stereocenters. The third-order valence-electron chi connectivity index (χ3n) is 3.86. The van der Waals surface area contributed by atoms with Crippen molar-refractivity contribution in [3.05, 3.63) is 58.2 Å². The highest BCUT2D eigenvalue weighted by Gasteiger charge is 2.36. The summed E-state index contributed by atoms with van der Waals surface area (Å²) >= 11 is 1.40. The molecule has 120 valence electrons. The SMILES string of the molecule is O=C(CN1C=Cc2sncc2C1)NN1C(=O)c2ccccc2C1=O. The molecular formula is C16H12N4O3S. The van der Waals surface area contributed by atoms with Crippen molar-refractivity contribution >= 4 is 35.3 Å². The fraction of sp³-hybridized carbons (Fsp3) is 0.125. The monoisotopic (exact) mass is 340 g/mol. The molecule has 3 heterocycles. The summed E-state index contributed by atoms with van der Waals surface area (Å²) in [5.74, 6) is -1.45. The molecule has 2 aliphatic rings. The number of hydrazine groups is 1. The summed E-state index contributed by atoms with van der Waals surface area (Å²) in [6.07, 6.45) is 5.48. The highest BCUT2D eigenvalue weighted by molar-refractivity contribution is 7.06. The van der Waals surface area contributed by atoms with Crippen molar-refractivity contribution in [2.45, 2.75) is 6.54 Å². The molecule has 3 amide bonds. The molecule has 0 fully saturated rings. The first-order valence-electron chi connectivity index (χ1n) is 7.26. The van der Waals surface area contributed by atoms with Crippen LogP contribution in [0.1, 0.15) is 31.2 Å². The van der Waals surface area contributed by atoms with Crippen molar-refractivity contribution in [3.63, 3.8) is 0 Å². The molecule has 0 atom stereocenters. The van der Waals surface area contributed by atoms with Gasteiger partial charge < -0.3 is 4.90 Å². The van der Waals surface area contributed by atoms with Gasteiger partial charge in [0.2, 0.25) is 0 Å². The Hall–Kier alpha value is -3.00. The van der Waals surface area contributed by atoms with Crippen LogP contribution in [0.4, 0.5) is 0 Å². The number of amides is 3. The highest BCUT2D eigenvalue weighted by atomic mass is 32.1. The molecule has 0 spiro atoms. The Kier molecular flexibility index (Phi) is 3.39. The summed E-state index contributed by atoms with van der Waals surface area (Å²) in [5, 5.41) is 0.776. The first-order valence-corrected chi connectivity index (χ1v) is 8.04. The summed E-state index contributed by atoms with van der Waals surface area (Å²) in [7, 11) is 0. The average Bonchev–Trinajstić information content (AvgIpc) is 3.14. The topological polar surface area (TPSA) is 82.6 Å². The Morgan fingerprint density at radius 1 is 1.21 bits per heavy atom. The smallest absolute Gasteiger partial charge is 0.280 e. The summed E-state index contributed by atoms with van der Waals surface area (Å²) in [6.45, 7) is 0.608. The molecule has 1 aromatic heterocycles. The Morgan fingerprint density at radius 2 is 1.92 bits per heavy atom. The van der Waals surface area contributed by atoms with Crippen LogP contribution in [-0.2, 0) is 11.3 Å². The quantitative estimate of drug-likeness (QED) is 0.851. The van der Waals surface area contributed by atoms with Crippen LogP contribution in [0.15, 0.2) is 36.7 Å². The lowest BCUT2D eigenvalue weighted by Gasteiger charge is -2.23. The van der Waals surface area contributed by atoms with E-state index in [0.717, 1.165) is 15.4 Å². The van der Waals surface area contributed by atoms with Gasteiger partial charge in [-0.3, -0.25) is 19.8 Å². The second-order valence-electron chi connectivity index (χ2n) is 5.46. The standard InChI is InChI=1S/C16H12N4O3S/c21-14(9-19-6-5-13-10(8-19)7-17-24-13)18-20-15(22)11-3-1-2-4-12(11)16(20)23/h1-7H,8-9H2,(H,18,21). The van der Waals surface area contributed by atoms with E-state index in [2.05, 4.69) is 9.80 Å². The van der Waals surface area contributed by atoms with Crippen LogP contribution in [0.2, 0.25) is 0 Å². The molecule has 8 heteroatoms. The normalized spacial score (nSPS) is 15.5. The van der Waals surface area contributed by atoms with E-state index in [9.17, 15) is 14.4 Å². The first kappa shape index (κ1) is 14.6. The number of nitrogens with zero attached hydrogens (tertiary/aromatic N) is 3.